The van der Waals surface area contributed by atoms with E-state index in [4.69, 9.17) is 5.73 Å². The van der Waals surface area contributed by atoms with Gasteiger partial charge in [-0.05, 0) is 24.1 Å². The van der Waals surface area contributed by atoms with E-state index in [1.165, 1.54) is 4.31 Å². The summed E-state index contributed by atoms with van der Waals surface area (Å²) in [7, 11) is -1.78. The van der Waals surface area contributed by atoms with Gasteiger partial charge in [-0.25, -0.2) is 4.72 Å². The second-order valence-electron chi connectivity index (χ2n) is 3.81. The second kappa shape index (κ2) is 7.58. The van der Waals surface area contributed by atoms with E-state index in [1.54, 1.807) is 14.0 Å². The second-order valence-corrected chi connectivity index (χ2v) is 5.67. The molecule has 0 radical (unpaired) electrons. The van der Waals surface area contributed by atoms with Crippen LogP contribution in [0, 0.1) is 0 Å². The molecular weight excluding hydrogens is 274 g/mol. The molecule has 7 heteroatoms. The molecule has 0 aromatic heterocycles. The van der Waals surface area contributed by atoms with Gasteiger partial charge in [0.05, 0.1) is 0 Å². The molecule has 5 nitrogen and oxygen atoms in total. The number of nitrogens with zero attached hydrogens (tertiary/aromatic N) is 1. The summed E-state index contributed by atoms with van der Waals surface area (Å²) in [6.07, 6.45) is 0.650. The Kier molecular flexibility index (Phi) is 7.23. The zero-order valence-electron chi connectivity index (χ0n) is 10.6. The first-order chi connectivity index (χ1) is 7.95. The van der Waals surface area contributed by atoms with Crippen molar-refractivity contribution in [2.24, 2.45) is 0 Å². The van der Waals surface area contributed by atoms with Gasteiger partial charge >= 0.3 is 0 Å². The van der Waals surface area contributed by atoms with Crippen molar-refractivity contribution in [3.05, 3.63) is 29.8 Å². The van der Waals surface area contributed by atoms with Crippen molar-refractivity contribution in [3.63, 3.8) is 0 Å². The molecule has 0 fully saturated rings. The Morgan fingerprint density at radius 3 is 2.33 bits per heavy atom. The molecule has 0 atom stereocenters. The van der Waals surface area contributed by atoms with Gasteiger partial charge in [-0.2, -0.15) is 12.7 Å². The molecule has 0 aliphatic rings. The van der Waals surface area contributed by atoms with Crippen LogP contribution in [0.2, 0.25) is 0 Å². The van der Waals surface area contributed by atoms with Crippen LogP contribution >= 0.6 is 12.4 Å². The molecule has 0 heterocycles. The van der Waals surface area contributed by atoms with Crippen molar-refractivity contribution in [3.8, 4) is 0 Å². The molecule has 0 amide bonds. The van der Waals surface area contributed by atoms with E-state index in [0.29, 0.717) is 25.2 Å². The molecule has 1 aromatic rings. The van der Waals surface area contributed by atoms with Crippen LogP contribution in [-0.4, -0.2) is 32.9 Å². The molecule has 0 saturated heterocycles. The summed E-state index contributed by atoms with van der Waals surface area (Å²) in [5, 5.41) is 0. The SMILES string of the molecule is CCN(C)S(=O)(=O)NCCc1ccc(N)cc1.Cl. The Balaban J connectivity index is 0.00000289. The highest BCUT2D eigenvalue weighted by Crippen LogP contribution is 2.05. The molecular formula is C11H20ClN3O2S. The molecule has 3 N–H and O–H groups in total. The third-order valence-corrected chi connectivity index (χ3v) is 4.18. The van der Waals surface area contributed by atoms with Crippen LogP contribution in [0.25, 0.3) is 0 Å². The number of halogens is 1. The normalized spacial score (nSPS) is 11.3. The van der Waals surface area contributed by atoms with Gasteiger partial charge in [-0.1, -0.05) is 19.1 Å². The average molecular weight is 294 g/mol. The van der Waals surface area contributed by atoms with E-state index >= 15 is 0 Å². The Morgan fingerprint density at radius 1 is 1.28 bits per heavy atom. The highest BCUT2D eigenvalue weighted by atomic mass is 35.5. The first-order valence-corrected chi connectivity index (χ1v) is 6.95. The lowest BCUT2D eigenvalue weighted by molar-refractivity contribution is 0.474. The van der Waals surface area contributed by atoms with E-state index in [-0.39, 0.29) is 12.4 Å². The van der Waals surface area contributed by atoms with Gasteiger partial charge in [0.25, 0.3) is 10.2 Å². The van der Waals surface area contributed by atoms with E-state index in [2.05, 4.69) is 4.72 Å². The number of benzene rings is 1. The van der Waals surface area contributed by atoms with Crippen LogP contribution < -0.4 is 10.5 Å². The molecule has 0 aliphatic carbocycles. The summed E-state index contributed by atoms with van der Waals surface area (Å²) in [5.41, 5.74) is 7.33. The van der Waals surface area contributed by atoms with E-state index in [0.717, 1.165) is 5.56 Å². The summed E-state index contributed by atoms with van der Waals surface area (Å²) in [6.45, 7) is 2.63. The van der Waals surface area contributed by atoms with E-state index in [1.807, 2.05) is 24.3 Å². The smallest absolute Gasteiger partial charge is 0.279 e. The zero-order valence-corrected chi connectivity index (χ0v) is 12.2. The van der Waals surface area contributed by atoms with Gasteiger partial charge in [0, 0.05) is 25.8 Å². The maximum atomic E-state index is 11.6. The van der Waals surface area contributed by atoms with Crippen LogP contribution in [0.5, 0.6) is 0 Å². The molecule has 0 bridgehead atoms. The van der Waals surface area contributed by atoms with Gasteiger partial charge in [0.2, 0.25) is 0 Å². The Hall–Kier alpha value is -0.820. The third kappa shape index (κ3) is 5.22. The lowest BCUT2D eigenvalue weighted by Crippen LogP contribution is -2.38. The summed E-state index contributed by atoms with van der Waals surface area (Å²) in [4.78, 5) is 0. The van der Waals surface area contributed by atoms with Crippen molar-refractivity contribution >= 4 is 28.3 Å². The maximum Gasteiger partial charge on any atom is 0.279 e. The van der Waals surface area contributed by atoms with Gasteiger partial charge in [-0.15, -0.1) is 12.4 Å². The molecule has 0 saturated carbocycles. The third-order valence-electron chi connectivity index (χ3n) is 2.53. The summed E-state index contributed by atoms with van der Waals surface area (Å²) in [5.74, 6) is 0. The lowest BCUT2D eigenvalue weighted by atomic mass is 10.1. The van der Waals surface area contributed by atoms with Crippen LogP contribution in [0.1, 0.15) is 12.5 Å². The molecule has 0 spiro atoms. The standard InChI is InChI=1S/C11H19N3O2S.ClH/c1-3-14(2)17(15,16)13-9-8-10-4-6-11(12)7-5-10;/h4-7,13H,3,8-9,12H2,1-2H3;1H. The summed E-state index contributed by atoms with van der Waals surface area (Å²) in [6, 6.07) is 7.41. The van der Waals surface area contributed by atoms with Gasteiger partial charge < -0.3 is 5.73 Å². The number of hydrogen-bond acceptors (Lipinski definition) is 3. The number of hydrogen-bond donors (Lipinski definition) is 2. The highest BCUT2D eigenvalue weighted by Gasteiger charge is 2.14. The predicted molar refractivity (Wildman–Crippen MR) is 77.0 cm³/mol. The molecule has 18 heavy (non-hydrogen) atoms. The first kappa shape index (κ1) is 17.2. The monoisotopic (exact) mass is 293 g/mol. The number of nitrogens with one attached hydrogen (secondary N) is 1. The molecule has 0 unspecified atom stereocenters. The fourth-order valence-electron chi connectivity index (χ4n) is 1.29. The molecule has 1 aromatic carbocycles. The zero-order chi connectivity index (χ0) is 12.9. The van der Waals surface area contributed by atoms with Crippen LogP contribution in [0.4, 0.5) is 5.69 Å². The van der Waals surface area contributed by atoms with Gasteiger partial charge in [-0.3, -0.25) is 0 Å². The quantitative estimate of drug-likeness (QED) is 0.769. The van der Waals surface area contributed by atoms with E-state index < -0.39 is 10.2 Å². The van der Waals surface area contributed by atoms with Gasteiger partial charge in [0.15, 0.2) is 0 Å². The topological polar surface area (TPSA) is 75.4 Å². The minimum Gasteiger partial charge on any atom is -0.399 e. The van der Waals surface area contributed by atoms with Crippen molar-refractivity contribution < 1.29 is 8.42 Å². The molecule has 0 aliphatic heterocycles. The lowest BCUT2D eigenvalue weighted by Gasteiger charge is -2.15. The van der Waals surface area contributed by atoms with Crippen LogP contribution in [0.3, 0.4) is 0 Å². The minimum absolute atomic E-state index is 0. The molecule has 104 valence electrons. The Morgan fingerprint density at radius 2 is 1.83 bits per heavy atom. The fourth-order valence-corrected chi connectivity index (χ4v) is 2.21. The van der Waals surface area contributed by atoms with E-state index in [9.17, 15) is 8.42 Å². The number of nitrogen functional groups attached to an aromatic ring is 1. The van der Waals surface area contributed by atoms with Crippen LogP contribution in [-0.2, 0) is 16.6 Å². The summed E-state index contributed by atoms with van der Waals surface area (Å²) < 4.78 is 27.0. The van der Waals surface area contributed by atoms with Crippen LogP contribution in [0.15, 0.2) is 24.3 Å². The predicted octanol–water partition coefficient (Wildman–Crippen LogP) is 1.02. The summed E-state index contributed by atoms with van der Waals surface area (Å²) >= 11 is 0. The van der Waals surface area contributed by atoms with Gasteiger partial charge in [0.1, 0.15) is 0 Å². The number of rotatable bonds is 6. The Labute approximate surface area is 115 Å². The van der Waals surface area contributed by atoms with Crippen molar-refractivity contribution in [2.45, 2.75) is 13.3 Å². The maximum absolute atomic E-state index is 11.6. The van der Waals surface area contributed by atoms with Crippen molar-refractivity contribution in [1.29, 1.82) is 0 Å². The average Bonchev–Trinajstić information content (AvgIpc) is 2.30. The first-order valence-electron chi connectivity index (χ1n) is 5.51. The minimum atomic E-state index is -3.33. The largest absolute Gasteiger partial charge is 0.399 e. The highest BCUT2D eigenvalue weighted by molar-refractivity contribution is 7.87. The number of anilines is 1. The number of nitrogens with two attached hydrogens (primary N) is 1. The fraction of sp³-hybridized carbons (Fsp3) is 0.455. The van der Waals surface area contributed by atoms with Crippen molar-refractivity contribution in [1.82, 2.24) is 9.03 Å². The molecule has 1 rings (SSSR count). The van der Waals surface area contributed by atoms with Crippen molar-refractivity contribution in [2.75, 3.05) is 25.9 Å². The Bertz CT molecular complexity index is 448.